The number of amides is 1. The molecule has 0 spiro atoms. The Morgan fingerprint density at radius 1 is 1.15 bits per heavy atom. The predicted molar refractivity (Wildman–Crippen MR) is 95.4 cm³/mol. The maximum atomic E-state index is 12.6. The first kappa shape index (κ1) is 17.4. The zero-order valence-corrected chi connectivity index (χ0v) is 14.7. The third-order valence-electron chi connectivity index (χ3n) is 4.07. The van der Waals surface area contributed by atoms with Gasteiger partial charge in [0.15, 0.2) is 5.69 Å². The topological polar surface area (TPSA) is 102 Å². The van der Waals surface area contributed by atoms with Gasteiger partial charge in [-0.05, 0) is 19.4 Å². The molecule has 0 radical (unpaired) electrons. The van der Waals surface area contributed by atoms with Crippen molar-refractivity contribution in [2.45, 2.75) is 20.4 Å². The Morgan fingerprint density at radius 2 is 1.85 bits per heavy atom. The van der Waals surface area contributed by atoms with Crippen LogP contribution in [0.25, 0.3) is 0 Å². The van der Waals surface area contributed by atoms with Gasteiger partial charge >= 0.3 is 5.97 Å². The van der Waals surface area contributed by atoms with E-state index in [4.69, 9.17) is 0 Å². The minimum atomic E-state index is -1.25. The van der Waals surface area contributed by atoms with E-state index in [1.807, 2.05) is 41.9 Å². The van der Waals surface area contributed by atoms with Crippen molar-refractivity contribution in [3.8, 4) is 0 Å². The molecule has 0 atom stereocenters. The zero-order chi connectivity index (χ0) is 18.8. The molecule has 3 rings (SSSR count). The first-order valence-corrected chi connectivity index (χ1v) is 8.03. The molecule has 0 unspecified atom stereocenters. The van der Waals surface area contributed by atoms with Crippen molar-refractivity contribution >= 4 is 17.6 Å². The SMILES string of the molecule is Cc1nn(Cc2ccccc2)c(C)c1NC(=O)c1cn(C)nc1C(=O)O. The molecule has 0 fully saturated rings. The molecule has 2 N–H and O–H groups in total. The lowest BCUT2D eigenvalue weighted by molar-refractivity contribution is 0.0685. The van der Waals surface area contributed by atoms with Gasteiger partial charge in [0.25, 0.3) is 5.91 Å². The normalized spacial score (nSPS) is 10.7. The standard InChI is InChI=1S/C18H19N5O3/c1-11-15(12(2)23(20-11)9-13-7-5-4-6-8-13)19-17(24)14-10-22(3)21-16(14)18(25)26/h4-8,10H,9H2,1-3H3,(H,19,24)(H,25,26). The molecule has 1 aromatic carbocycles. The second kappa shape index (κ2) is 6.83. The Bertz CT molecular complexity index is 972. The number of aryl methyl sites for hydroxylation is 2. The molecular formula is C18H19N5O3. The molecule has 8 heteroatoms. The monoisotopic (exact) mass is 353 g/mol. The number of benzene rings is 1. The Labute approximate surface area is 150 Å². The van der Waals surface area contributed by atoms with Gasteiger partial charge in [0.2, 0.25) is 0 Å². The van der Waals surface area contributed by atoms with Gasteiger partial charge in [-0.15, -0.1) is 0 Å². The average molecular weight is 353 g/mol. The minimum Gasteiger partial charge on any atom is -0.476 e. The number of nitrogens with zero attached hydrogens (tertiary/aromatic N) is 4. The van der Waals surface area contributed by atoms with Crippen LogP contribution in [-0.4, -0.2) is 36.5 Å². The third kappa shape index (κ3) is 3.34. The Kier molecular flexibility index (Phi) is 4.57. The molecule has 2 heterocycles. The Hall–Kier alpha value is -3.42. The van der Waals surface area contributed by atoms with Gasteiger partial charge in [-0.25, -0.2) is 4.79 Å². The van der Waals surface area contributed by atoms with Crippen molar-refractivity contribution in [2.24, 2.45) is 7.05 Å². The van der Waals surface area contributed by atoms with E-state index < -0.39 is 11.9 Å². The van der Waals surface area contributed by atoms with Crippen LogP contribution in [0, 0.1) is 13.8 Å². The lowest BCUT2D eigenvalue weighted by atomic mass is 10.2. The van der Waals surface area contributed by atoms with Gasteiger partial charge in [0, 0.05) is 13.2 Å². The van der Waals surface area contributed by atoms with Crippen LogP contribution in [0.5, 0.6) is 0 Å². The van der Waals surface area contributed by atoms with E-state index in [1.54, 1.807) is 14.0 Å². The fourth-order valence-corrected chi connectivity index (χ4v) is 2.78. The van der Waals surface area contributed by atoms with E-state index in [0.29, 0.717) is 17.9 Å². The molecule has 0 aliphatic heterocycles. The van der Waals surface area contributed by atoms with Crippen molar-refractivity contribution < 1.29 is 14.7 Å². The van der Waals surface area contributed by atoms with Crippen LogP contribution in [0.3, 0.4) is 0 Å². The number of anilines is 1. The lowest BCUT2D eigenvalue weighted by Crippen LogP contribution is -2.16. The fourth-order valence-electron chi connectivity index (χ4n) is 2.78. The van der Waals surface area contributed by atoms with Crippen LogP contribution in [0.2, 0.25) is 0 Å². The van der Waals surface area contributed by atoms with E-state index in [9.17, 15) is 14.7 Å². The van der Waals surface area contributed by atoms with Crippen LogP contribution >= 0.6 is 0 Å². The number of hydrogen-bond donors (Lipinski definition) is 2. The van der Waals surface area contributed by atoms with E-state index in [-0.39, 0.29) is 11.3 Å². The maximum absolute atomic E-state index is 12.6. The number of carboxylic acids is 1. The van der Waals surface area contributed by atoms with E-state index >= 15 is 0 Å². The highest BCUT2D eigenvalue weighted by molar-refractivity contribution is 6.10. The summed E-state index contributed by atoms with van der Waals surface area (Å²) in [5.41, 5.74) is 2.85. The molecule has 2 aromatic heterocycles. The summed E-state index contributed by atoms with van der Waals surface area (Å²) in [6, 6.07) is 9.87. The average Bonchev–Trinajstić information content (AvgIpc) is 3.11. The summed E-state index contributed by atoms with van der Waals surface area (Å²) in [7, 11) is 1.57. The number of carbonyl (C=O) groups excluding carboxylic acids is 1. The summed E-state index contributed by atoms with van der Waals surface area (Å²) in [4.78, 5) is 23.8. The molecule has 3 aromatic rings. The van der Waals surface area contributed by atoms with Gasteiger partial charge in [0.05, 0.1) is 29.2 Å². The number of rotatable bonds is 5. The number of nitrogens with one attached hydrogen (secondary N) is 1. The van der Waals surface area contributed by atoms with E-state index in [0.717, 1.165) is 11.3 Å². The van der Waals surface area contributed by atoms with Gasteiger partial charge in [-0.3, -0.25) is 14.2 Å². The molecule has 0 bridgehead atoms. The molecule has 1 amide bonds. The van der Waals surface area contributed by atoms with Gasteiger partial charge in [-0.1, -0.05) is 30.3 Å². The number of carbonyl (C=O) groups is 2. The van der Waals surface area contributed by atoms with Crippen LogP contribution in [0.1, 0.15) is 37.8 Å². The predicted octanol–water partition coefficient (Wildman–Crippen LogP) is 2.23. The van der Waals surface area contributed by atoms with Crippen LogP contribution in [0.15, 0.2) is 36.5 Å². The van der Waals surface area contributed by atoms with E-state index in [1.165, 1.54) is 10.9 Å². The van der Waals surface area contributed by atoms with Crippen LogP contribution in [0.4, 0.5) is 5.69 Å². The van der Waals surface area contributed by atoms with Crippen LogP contribution in [-0.2, 0) is 13.6 Å². The third-order valence-corrected chi connectivity index (χ3v) is 4.07. The quantitative estimate of drug-likeness (QED) is 0.732. The largest absolute Gasteiger partial charge is 0.476 e. The molecule has 26 heavy (non-hydrogen) atoms. The summed E-state index contributed by atoms with van der Waals surface area (Å²) in [6.45, 7) is 4.24. The first-order chi connectivity index (χ1) is 12.4. The molecule has 0 saturated heterocycles. The van der Waals surface area contributed by atoms with Crippen LogP contribution < -0.4 is 5.32 Å². The smallest absolute Gasteiger partial charge is 0.357 e. The first-order valence-electron chi connectivity index (χ1n) is 8.03. The van der Waals surface area contributed by atoms with Crippen molar-refractivity contribution in [1.82, 2.24) is 19.6 Å². The van der Waals surface area contributed by atoms with E-state index in [2.05, 4.69) is 15.5 Å². The second-order valence-corrected chi connectivity index (χ2v) is 6.01. The Balaban J connectivity index is 1.87. The summed E-state index contributed by atoms with van der Waals surface area (Å²) in [5.74, 6) is -1.77. The molecule has 134 valence electrons. The Morgan fingerprint density at radius 3 is 2.50 bits per heavy atom. The summed E-state index contributed by atoms with van der Waals surface area (Å²) < 4.78 is 3.11. The molecule has 8 nitrogen and oxygen atoms in total. The highest BCUT2D eigenvalue weighted by atomic mass is 16.4. The minimum absolute atomic E-state index is 0.00890. The van der Waals surface area contributed by atoms with Crippen molar-refractivity contribution in [1.29, 1.82) is 0 Å². The second-order valence-electron chi connectivity index (χ2n) is 6.01. The molecular weight excluding hydrogens is 334 g/mol. The van der Waals surface area contributed by atoms with Crippen molar-refractivity contribution in [3.05, 3.63) is 64.7 Å². The number of carboxylic acid groups (broad SMARTS) is 1. The van der Waals surface area contributed by atoms with Crippen molar-refractivity contribution in [2.75, 3.05) is 5.32 Å². The lowest BCUT2D eigenvalue weighted by Gasteiger charge is -2.07. The highest BCUT2D eigenvalue weighted by Crippen LogP contribution is 2.22. The molecule has 0 saturated carbocycles. The van der Waals surface area contributed by atoms with Gasteiger partial charge in [-0.2, -0.15) is 10.2 Å². The summed E-state index contributed by atoms with van der Waals surface area (Å²) >= 11 is 0. The molecule has 0 aliphatic carbocycles. The zero-order valence-electron chi connectivity index (χ0n) is 14.7. The number of aromatic nitrogens is 4. The number of hydrogen-bond acceptors (Lipinski definition) is 4. The summed E-state index contributed by atoms with van der Waals surface area (Å²) in [6.07, 6.45) is 1.39. The van der Waals surface area contributed by atoms with Crippen molar-refractivity contribution in [3.63, 3.8) is 0 Å². The maximum Gasteiger partial charge on any atom is 0.357 e. The summed E-state index contributed by atoms with van der Waals surface area (Å²) in [5, 5.41) is 20.3. The highest BCUT2D eigenvalue weighted by Gasteiger charge is 2.23. The van der Waals surface area contributed by atoms with Gasteiger partial charge in [0.1, 0.15) is 0 Å². The number of aromatic carboxylic acids is 1. The van der Waals surface area contributed by atoms with Gasteiger partial charge < -0.3 is 10.4 Å². The fraction of sp³-hybridized carbons (Fsp3) is 0.222. The molecule has 0 aliphatic rings.